The molecule has 2 N–H and O–H groups in total. The summed E-state index contributed by atoms with van der Waals surface area (Å²) in [5, 5.41) is 0. The highest BCUT2D eigenvalue weighted by molar-refractivity contribution is 5.91. The number of amides is 1. The number of pyridine rings is 1. The van der Waals surface area contributed by atoms with E-state index in [1.54, 1.807) is 6.20 Å². The number of hydrogen-bond acceptors (Lipinski definition) is 2. The SMILES string of the molecule is Cc1cccc2nc(C(N)=O)cn12. The fourth-order valence-electron chi connectivity index (χ4n) is 1.27. The van der Waals surface area contributed by atoms with E-state index in [0.29, 0.717) is 5.69 Å². The maximum absolute atomic E-state index is 10.8. The van der Waals surface area contributed by atoms with Crippen molar-refractivity contribution in [1.82, 2.24) is 9.38 Å². The van der Waals surface area contributed by atoms with Gasteiger partial charge in [0.25, 0.3) is 5.91 Å². The van der Waals surface area contributed by atoms with Crippen molar-refractivity contribution in [2.24, 2.45) is 5.73 Å². The Morgan fingerprint density at radius 3 is 2.92 bits per heavy atom. The first-order valence-electron chi connectivity index (χ1n) is 3.93. The van der Waals surface area contributed by atoms with Gasteiger partial charge in [-0.05, 0) is 19.1 Å². The Morgan fingerprint density at radius 1 is 1.54 bits per heavy atom. The summed E-state index contributed by atoms with van der Waals surface area (Å²) in [4.78, 5) is 14.9. The first-order chi connectivity index (χ1) is 6.18. The van der Waals surface area contributed by atoms with Crippen molar-refractivity contribution >= 4 is 11.6 Å². The predicted molar refractivity (Wildman–Crippen MR) is 48.4 cm³/mol. The van der Waals surface area contributed by atoms with E-state index >= 15 is 0 Å². The van der Waals surface area contributed by atoms with Crippen LogP contribution in [0.2, 0.25) is 0 Å². The summed E-state index contributed by atoms with van der Waals surface area (Å²) in [6.07, 6.45) is 1.65. The monoisotopic (exact) mass is 175 g/mol. The van der Waals surface area contributed by atoms with Gasteiger partial charge < -0.3 is 10.1 Å². The van der Waals surface area contributed by atoms with E-state index in [0.717, 1.165) is 11.3 Å². The average molecular weight is 175 g/mol. The number of rotatable bonds is 1. The van der Waals surface area contributed by atoms with E-state index in [1.807, 2.05) is 29.5 Å². The number of carbonyl (C=O) groups excluding carboxylic acids is 1. The van der Waals surface area contributed by atoms with Gasteiger partial charge in [0.1, 0.15) is 11.3 Å². The molecule has 0 saturated heterocycles. The van der Waals surface area contributed by atoms with Gasteiger partial charge in [-0.25, -0.2) is 4.98 Å². The van der Waals surface area contributed by atoms with Crippen LogP contribution < -0.4 is 5.73 Å². The standard InChI is InChI=1S/C9H9N3O/c1-6-3-2-4-8-11-7(9(10)13)5-12(6)8/h2-5H,1H3,(H2,10,13). The molecule has 66 valence electrons. The van der Waals surface area contributed by atoms with E-state index < -0.39 is 5.91 Å². The minimum absolute atomic E-state index is 0.300. The maximum atomic E-state index is 10.8. The molecular weight excluding hydrogens is 166 g/mol. The van der Waals surface area contributed by atoms with Gasteiger partial charge in [-0.3, -0.25) is 4.79 Å². The molecule has 0 fully saturated rings. The Morgan fingerprint density at radius 2 is 2.31 bits per heavy atom. The van der Waals surface area contributed by atoms with E-state index in [2.05, 4.69) is 4.98 Å². The van der Waals surface area contributed by atoms with Gasteiger partial charge in [0, 0.05) is 11.9 Å². The molecule has 0 unspecified atom stereocenters. The van der Waals surface area contributed by atoms with Gasteiger partial charge in [-0.15, -0.1) is 0 Å². The van der Waals surface area contributed by atoms with Crippen LogP contribution in [0.25, 0.3) is 5.65 Å². The fourth-order valence-corrected chi connectivity index (χ4v) is 1.27. The highest BCUT2D eigenvalue weighted by Gasteiger charge is 2.06. The molecule has 0 aliphatic carbocycles. The molecule has 0 spiro atoms. The molecule has 0 bridgehead atoms. The topological polar surface area (TPSA) is 60.4 Å². The van der Waals surface area contributed by atoms with Gasteiger partial charge in [0.05, 0.1) is 0 Å². The molecule has 2 aromatic heterocycles. The second kappa shape index (κ2) is 2.58. The Labute approximate surface area is 75.0 Å². The van der Waals surface area contributed by atoms with Gasteiger partial charge in [-0.2, -0.15) is 0 Å². The quantitative estimate of drug-likeness (QED) is 0.694. The molecule has 0 radical (unpaired) electrons. The number of carbonyl (C=O) groups is 1. The van der Waals surface area contributed by atoms with Crippen molar-refractivity contribution in [3.63, 3.8) is 0 Å². The van der Waals surface area contributed by atoms with Crippen molar-refractivity contribution in [3.05, 3.63) is 35.8 Å². The van der Waals surface area contributed by atoms with Crippen LogP contribution >= 0.6 is 0 Å². The van der Waals surface area contributed by atoms with Crippen molar-refractivity contribution in [2.45, 2.75) is 6.92 Å². The summed E-state index contributed by atoms with van der Waals surface area (Å²) >= 11 is 0. The summed E-state index contributed by atoms with van der Waals surface area (Å²) in [7, 11) is 0. The number of imidazole rings is 1. The highest BCUT2D eigenvalue weighted by Crippen LogP contribution is 2.07. The van der Waals surface area contributed by atoms with Gasteiger partial charge in [0.2, 0.25) is 0 Å². The Bertz CT molecular complexity index is 473. The van der Waals surface area contributed by atoms with Gasteiger partial charge in [-0.1, -0.05) is 6.07 Å². The normalized spacial score (nSPS) is 10.5. The zero-order valence-electron chi connectivity index (χ0n) is 7.19. The lowest BCUT2D eigenvalue weighted by Crippen LogP contribution is -2.10. The van der Waals surface area contributed by atoms with E-state index in [-0.39, 0.29) is 0 Å². The number of hydrogen-bond donors (Lipinski definition) is 1. The molecule has 4 heteroatoms. The van der Waals surface area contributed by atoms with Crippen molar-refractivity contribution in [2.75, 3.05) is 0 Å². The molecule has 0 aromatic carbocycles. The minimum atomic E-state index is -0.497. The van der Waals surface area contributed by atoms with Crippen LogP contribution in [0.5, 0.6) is 0 Å². The predicted octanol–water partition coefficient (Wildman–Crippen LogP) is 0.742. The van der Waals surface area contributed by atoms with Gasteiger partial charge >= 0.3 is 0 Å². The van der Waals surface area contributed by atoms with E-state index in [4.69, 9.17) is 5.73 Å². The third kappa shape index (κ3) is 1.16. The average Bonchev–Trinajstić information content (AvgIpc) is 2.49. The number of nitrogens with zero attached hydrogens (tertiary/aromatic N) is 2. The molecule has 2 aromatic rings. The second-order valence-electron chi connectivity index (χ2n) is 2.89. The van der Waals surface area contributed by atoms with Gasteiger partial charge in [0.15, 0.2) is 0 Å². The maximum Gasteiger partial charge on any atom is 0.268 e. The van der Waals surface area contributed by atoms with Crippen LogP contribution in [0.1, 0.15) is 16.2 Å². The minimum Gasteiger partial charge on any atom is -0.364 e. The lowest BCUT2D eigenvalue weighted by atomic mass is 10.4. The third-order valence-electron chi connectivity index (χ3n) is 1.95. The van der Waals surface area contributed by atoms with Crippen LogP contribution in [0.4, 0.5) is 0 Å². The molecule has 2 rings (SSSR count). The molecule has 0 aliphatic heterocycles. The van der Waals surface area contributed by atoms with Crippen molar-refractivity contribution in [1.29, 1.82) is 0 Å². The Hall–Kier alpha value is -1.84. The molecule has 13 heavy (non-hydrogen) atoms. The first kappa shape index (κ1) is 7.79. The molecule has 2 heterocycles. The lowest BCUT2D eigenvalue weighted by Gasteiger charge is -1.95. The molecular formula is C9H9N3O. The Balaban J connectivity index is 2.75. The van der Waals surface area contributed by atoms with Crippen LogP contribution in [0.3, 0.4) is 0 Å². The van der Waals surface area contributed by atoms with E-state index in [9.17, 15) is 4.79 Å². The lowest BCUT2D eigenvalue weighted by molar-refractivity contribution is 0.0996. The molecule has 0 saturated carbocycles. The van der Waals surface area contributed by atoms with Crippen molar-refractivity contribution < 1.29 is 4.79 Å². The second-order valence-corrected chi connectivity index (χ2v) is 2.89. The number of primary amides is 1. The third-order valence-corrected chi connectivity index (χ3v) is 1.95. The van der Waals surface area contributed by atoms with Crippen LogP contribution in [0, 0.1) is 6.92 Å². The van der Waals surface area contributed by atoms with Crippen LogP contribution in [-0.2, 0) is 0 Å². The summed E-state index contributed by atoms with van der Waals surface area (Å²) < 4.78 is 1.83. The number of aryl methyl sites for hydroxylation is 1. The van der Waals surface area contributed by atoms with Crippen LogP contribution in [0.15, 0.2) is 24.4 Å². The van der Waals surface area contributed by atoms with Crippen LogP contribution in [-0.4, -0.2) is 15.3 Å². The molecule has 0 atom stereocenters. The summed E-state index contributed by atoms with van der Waals surface area (Å²) in [5.74, 6) is -0.497. The smallest absolute Gasteiger partial charge is 0.268 e. The summed E-state index contributed by atoms with van der Waals surface area (Å²) in [6.45, 7) is 1.94. The fraction of sp³-hybridized carbons (Fsp3) is 0.111. The first-order valence-corrected chi connectivity index (χ1v) is 3.93. The summed E-state index contributed by atoms with van der Waals surface area (Å²) in [5.41, 5.74) is 7.18. The molecule has 4 nitrogen and oxygen atoms in total. The molecule has 1 amide bonds. The summed E-state index contributed by atoms with van der Waals surface area (Å²) in [6, 6.07) is 5.67. The van der Waals surface area contributed by atoms with Crippen molar-refractivity contribution in [3.8, 4) is 0 Å². The Kier molecular flexibility index (Phi) is 1.55. The number of aromatic nitrogens is 2. The zero-order chi connectivity index (χ0) is 9.42. The number of fused-ring (bicyclic) bond motifs is 1. The highest BCUT2D eigenvalue weighted by atomic mass is 16.1. The zero-order valence-corrected chi connectivity index (χ0v) is 7.19. The number of nitrogens with two attached hydrogens (primary N) is 1. The molecule has 0 aliphatic rings. The largest absolute Gasteiger partial charge is 0.364 e. The van der Waals surface area contributed by atoms with E-state index in [1.165, 1.54) is 0 Å².